The van der Waals surface area contributed by atoms with Crippen LogP contribution in [-0.4, -0.2) is 23.7 Å². The van der Waals surface area contributed by atoms with Crippen LogP contribution in [0, 0.1) is 5.92 Å². The molecule has 21 heavy (non-hydrogen) atoms. The summed E-state index contributed by atoms with van der Waals surface area (Å²) < 4.78 is 5.75. The van der Waals surface area contributed by atoms with Crippen molar-refractivity contribution in [2.45, 2.75) is 51.5 Å². The summed E-state index contributed by atoms with van der Waals surface area (Å²) in [5, 5.41) is 8.99. The van der Waals surface area contributed by atoms with Crippen molar-refractivity contribution < 1.29 is 14.6 Å². The van der Waals surface area contributed by atoms with Gasteiger partial charge in [0.2, 0.25) is 0 Å². The maximum absolute atomic E-state index is 10.9. The van der Waals surface area contributed by atoms with Crippen LogP contribution in [0.4, 0.5) is 0 Å². The third kappa shape index (κ3) is 4.46. The van der Waals surface area contributed by atoms with Crippen LogP contribution in [-0.2, 0) is 17.6 Å². The van der Waals surface area contributed by atoms with Gasteiger partial charge in [-0.1, -0.05) is 13.0 Å². The quantitative estimate of drug-likeness (QED) is 0.758. The predicted octanol–water partition coefficient (Wildman–Crippen LogP) is 2.77. The summed E-state index contributed by atoms with van der Waals surface area (Å²) in [4.78, 5) is 10.9. The van der Waals surface area contributed by atoms with E-state index in [1.54, 1.807) is 0 Å². The minimum Gasteiger partial charge on any atom is -0.494 e. The average molecular weight is 291 g/mol. The number of hydrogen-bond donors (Lipinski definition) is 2. The molecule has 1 unspecified atom stereocenters. The zero-order valence-corrected chi connectivity index (χ0v) is 12.7. The fraction of sp³-hybridized carbons (Fsp3) is 0.588. The topological polar surface area (TPSA) is 72.5 Å². The Bertz CT molecular complexity index is 487. The number of aliphatic carboxylic acids is 1. The molecule has 0 spiro atoms. The zero-order chi connectivity index (χ0) is 15.2. The van der Waals surface area contributed by atoms with E-state index >= 15 is 0 Å². The summed E-state index contributed by atoms with van der Waals surface area (Å²) in [6, 6.07) is 6.48. The fourth-order valence-electron chi connectivity index (χ4n) is 2.87. The summed E-state index contributed by atoms with van der Waals surface area (Å²) in [5.74, 6) is -0.0957. The van der Waals surface area contributed by atoms with E-state index in [1.165, 1.54) is 11.1 Å². The SMILES string of the molecule is CCC(CCCOc1ccc2c(c1)C[C@@H](N)CC2)C(=O)O. The molecule has 1 aliphatic rings. The number of benzene rings is 1. The number of rotatable bonds is 7. The molecule has 0 saturated carbocycles. The molecule has 0 radical (unpaired) electrons. The van der Waals surface area contributed by atoms with Crippen LogP contribution in [0.25, 0.3) is 0 Å². The maximum atomic E-state index is 10.9. The van der Waals surface area contributed by atoms with Gasteiger partial charge in [0, 0.05) is 6.04 Å². The molecule has 0 amide bonds. The van der Waals surface area contributed by atoms with Gasteiger partial charge in [0.1, 0.15) is 5.75 Å². The number of aryl methyl sites for hydroxylation is 1. The smallest absolute Gasteiger partial charge is 0.306 e. The van der Waals surface area contributed by atoms with Crippen molar-refractivity contribution >= 4 is 5.97 Å². The molecule has 2 atom stereocenters. The van der Waals surface area contributed by atoms with Crippen LogP contribution in [0.5, 0.6) is 5.75 Å². The van der Waals surface area contributed by atoms with Gasteiger partial charge in [-0.3, -0.25) is 4.79 Å². The lowest BCUT2D eigenvalue weighted by Gasteiger charge is -2.22. The Morgan fingerprint density at radius 2 is 2.29 bits per heavy atom. The van der Waals surface area contributed by atoms with Gasteiger partial charge in [0.05, 0.1) is 12.5 Å². The summed E-state index contributed by atoms with van der Waals surface area (Å²) >= 11 is 0. The monoisotopic (exact) mass is 291 g/mol. The van der Waals surface area contributed by atoms with Gasteiger partial charge in [-0.15, -0.1) is 0 Å². The van der Waals surface area contributed by atoms with E-state index in [4.69, 9.17) is 15.6 Å². The first-order valence-corrected chi connectivity index (χ1v) is 7.83. The number of hydrogen-bond acceptors (Lipinski definition) is 3. The van der Waals surface area contributed by atoms with Crippen molar-refractivity contribution in [2.75, 3.05) is 6.61 Å². The molecule has 2 rings (SSSR count). The summed E-state index contributed by atoms with van der Waals surface area (Å²) in [5.41, 5.74) is 8.67. The zero-order valence-electron chi connectivity index (χ0n) is 12.7. The molecule has 0 aliphatic heterocycles. The van der Waals surface area contributed by atoms with Crippen LogP contribution in [0.3, 0.4) is 0 Å². The van der Waals surface area contributed by atoms with Gasteiger partial charge in [-0.25, -0.2) is 0 Å². The number of ether oxygens (including phenoxy) is 1. The van der Waals surface area contributed by atoms with E-state index in [1.807, 2.05) is 13.0 Å². The van der Waals surface area contributed by atoms with Crippen molar-refractivity contribution in [3.63, 3.8) is 0 Å². The second-order valence-corrected chi connectivity index (χ2v) is 5.87. The van der Waals surface area contributed by atoms with Gasteiger partial charge >= 0.3 is 5.97 Å². The predicted molar refractivity (Wildman–Crippen MR) is 82.6 cm³/mol. The molecule has 0 aromatic heterocycles. The average Bonchev–Trinajstić information content (AvgIpc) is 2.46. The molecule has 4 heteroatoms. The lowest BCUT2D eigenvalue weighted by molar-refractivity contribution is -0.142. The van der Waals surface area contributed by atoms with Crippen molar-refractivity contribution in [3.05, 3.63) is 29.3 Å². The highest BCUT2D eigenvalue weighted by Gasteiger charge is 2.16. The molecular formula is C17H25NO3. The lowest BCUT2D eigenvalue weighted by atomic mass is 9.89. The van der Waals surface area contributed by atoms with Crippen LogP contribution < -0.4 is 10.5 Å². The largest absolute Gasteiger partial charge is 0.494 e. The molecule has 1 aromatic rings. The van der Waals surface area contributed by atoms with Crippen molar-refractivity contribution in [1.82, 2.24) is 0 Å². The number of carboxylic acids is 1. The summed E-state index contributed by atoms with van der Waals surface area (Å²) in [6.07, 6.45) is 5.13. The highest BCUT2D eigenvalue weighted by atomic mass is 16.5. The summed E-state index contributed by atoms with van der Waals surface area (Å²) in [6.45, 7) is 2.47. The Morgan fingerprint density at radius 1 is 1.48 bits per heavy atom. The molecule has 0 bridgehead atoms. The third-order valence-corrected chi connectivity index (χ3v) is 4.25. The second kappa shape index (κ2) is 7.46. The Kier molecular flexibility index (Phi) is 5.62. The summed E-state index contributed by atoms with van der Waals surface area (Å²) in [7, 11) is 0. The lowest BCUT2D eigenvalue weighted by Crippen LogP contribution is -2.27. The standard InChI is InChI=1S/C17H25NO3/c1-2-12(17(19)20)4-3-9-21-16-8-6-13-5-7-15(18)10-14(13)11-16/h6,8,11-12,15H,2-5,7,9-10,18H2,1H3,(H,19,20)/t12?,15-/m0/s1. The van der Waals surface area contributed by atoms with Gasteiger partial charge < -0.3 is 15.6 Å². The first kappa shape index (κ1) is 15.8. The van der Waals surface area contributed by atoms with Gasteiger partial charge in [-0.2, -0.15) is 0 Å². The molecular weight excluding hydrogens is 266 g/mol. The molecule has 0 saturated heterocycles. The van der Waals surface area contributed by atoms with Crippen LogP contribution in [0.2, 0.25) is 0 Å². The van der Waals surface area contributed by atoms with Crippen molar-refractivity contribution in [3.8, 4) is 5.75 Å². The highest BCUT2D eigenvalue weighted by Crippen LogP contribution is 2.25. The van der Waals surface area contributed by atoms with Gasteiger partial charge in [-0.05, 0) is 61.8 Å². The number of fused-ring (bicyclic) bond motifs is 1. The Morgan fingerprint density at radius 3 is 3.00 bits per heavy atom. The maximum Gasteiger partial charge on any atom is 0.306 e. The minimum absolute atomic E-state index is 0.255. The van der Waals surface area contributed by atoms with Crippen molar-refractivity contribution in [2.24, 2.45) is 11.7 Å². The van der Waals surface area contributed by atoms with Crippen molar-refractivity contribution in [1.29, 1.82) is 0 Å². The first-order valence-electron chi connectivity index (χ1n) is 7.83. The molecule has 4 nitrogen and oxygen atoms in total. The number of carboxylic acid groups (broad SMARTS) is 1. The fourth-order valence-corrected chi connectivity index (χ4v) is 2.87. The molecule has 3 N–H and O–H groups in total. The van der Waals surface area contributed by atoms with Gasteiger partial charge in [0.25, 0.3) is 0 Å². The Labute approximate surface area is 126 Å². The molecule has 1 aliphatic carbocycles. The van der Waals surface area contributed by atoms with Crippen LogP contribution >= 0.6 is 0 Å². The van der Waals surface area contributed by atoms with Gasteiger partial charge in [0.15, 0.2) is 0 Å². The molecule has 0 fully saturated rings. The van der Waals surface area contributed by atoms with Crippen LogP contribution in [0.1, 0.15) is 43.7 Å². The van der Waals surface area contributed by atoms with E-state index in [0.29, 0.717) is 19.4 Å². The van der Waals surface area contributed by atoms with E-state index in [2.05, 4.69) is 12.1 Å². The Balaban J connectivity index is 1.81. The van der Waals surface area contributed by atoms with Crippen LogP contribution in [0.15, 0.2) is 18.2 Å². The van der Waals surface area contributed by atoms with E-state index in [-0.39, 0.29) is 12.0 Å². The second-order valence-electron chi connectivity index (χ2n) is 5.87. The first-order chi connectivity index (χ1) is 10.1. The van der Waals surface area contributed by atoms with E-state index in [0.717, 1.165) is 31.4 Å². The number of nitrogens with two attached hydrogens (primary N) is 1. The molecule has 1 aromatic carbocycles. The highest BCUT2D eigenvalue weighted by molar-refractivity contribution is 5.69. The van der Waals surface area contributed by atoms with E-state index < -0.39 is 5.97 Å². The van der Waals surface area contributed by atoms with E-state index in [9.17, 15) is 4.79 Å². The minimum atomic E-state index is -0.708. The Hall–Kier alpha value is -1.55. The normalized spacial score (nSPS) is 18.9. The molecule has 0 heterocycles. The molecule has 116 valence electrons. The third-order valence-electron chi connectivity index (χ3n) is 4.25. The number of carbonyl (C=O) groups is 1.